The second-order valence-corrected chi connectivity index (χ2v) is 5.68. The van der Waals surface area contributed by atoms with Crippen molar-refractivity contribution in [1.29, 1.82) is 0 Å². The Kier molecular flexibility index (Phi) is 9.07. The van der Waals surface area contributed by atoms with Crippen molar-refractivity contribution in [3.63, 3.8) is 0 Å². The van der Waals surface area contributed by atoms with Crippen molar-refractivity contribution in [2.45, 2.75) is 20.3 Å². The molecule has 0 aliphatic rings. The Morgan fingerprint density at radius 2 is 2.04 bits per heavy atom. The monoisotopic (exact) mass is 345 g/mol. The molecule has 1 amide bonds. The molecule has 0 saturated heterocycles. The summed E-state index contributed by atoms with van der Waals surface area (Å²) in [4.78, 5) is 25.6. The normalized spacial score (nSPS) is 11.8. The van der Waals surface area contributed by atoms with E-state index in [4.69, 9.17) is 9.47 Å². The highest BCUT2D eigenvalue weighted by molar-refractivity contribution is 5.92. The van der Waals surface area contributed by atoms with Gasteiger partial charge in [0, 0.05) is 24.7 Å². The summed E-state index contributed by atoms with van der Waals surface area (Å²) in [5, 5.41) is 0. The molecule has 0 aliphatic carbocycles. The molecule has 1 aromatic carbocycles. The van der Waals surface area contributed by atoms with Gasteiger partial charge in [-0.3, -0.25) is 9.59 Å². The van der Waals surface area contributed by atoms with E-state index in [2.05, 4.69) is 6.58 Å². The van der Waals surface area contributed by atoms with Gasteiger partial charge in [0.25, 0.3) is 0 Å². The quantitative estimate of drug-likeness (QED) is 0.371. The van der Waals surface area contributed by atoms with Crippen molar-refractivity contribution < 1.29 is 19.1 Å². The number of methoxy groups -OCH3 is 1. The summed E-state index contributed by atoms with van der Waals surface area (Å²) < 4.78 is 10.4. The highest BCUT2D eigenvalue weighted by atomic mass is 16.5. The average Bonchev–Trinajstić information content (AvgIpc) is 2.63. The minimum Gasteiger partial charge on any atom is -0.493 e. The molecular weight excluding hydrogens is 318 g/mol. The predicted octanol–water partition coefficient (Wildman–Crippen LogP) is 3.31. The minimum absolute atomic E-state index is 0.194. The molecule has 0 aromatic heterocycles. The van der Waals surface area contributed by atoms with Crippen LogP contribution >= 0.6 is 0 Å². The zero-order valence-corrected chi connectivity index (χ0v) is 15.2. The molecule has 0 saturated carbocycles. The first kappa shape index (κ1) is 20.5. The van der Waals surface area contributed by atoms with E-state index in [-0.39, 0.29) is 18.4 Å². The van der Waals surface area contributed by atoms with Crippen LogP contribution in [0.3, 0.4) is 0 Å². The first-order chi connectivity index (χ1) is 12.0. The number of nitrogens with zero attached hydrogens (tertiary/aromatic N) is 1. The third-order valence-corrected chi connectivity index (χ3v) is 3.55. The van der Waals surface area contributed by atoms with Gasteiger partial charge in [-0.2, -0.15) is 0 Å². The number of ether oxygens (including phenoxy) is 2. The fourth-order valence-electron chi connectivity index (χ4n) is 2.24. The second kappa shape index (κ2) is 11.1. The highest BCUT2D eigenvalue weighted by Gasteiger charge is 2.19. The number of rotatable bonds is 10. The minimum atomic E-state index is -0.400. The fraction of sp³-hybridized carbons (Fsp3) is 0.400. The number of para-hydroxylation sites is 1. The molecule has 25 heavy (non-hydrogen) atoms. The maximum absolute atomic E-state index is 12.5. The van der Waals surface area contributed by atoms with Crippen LogP contribution in [0.1, 0.15) is 25.8 Å². The van der Waals surface area contributed by atoms with Crippen LogP contribution in [0.4, 0.5) is 0 Å². The van der Waals surface area contributed by atoms with Gasteiger partial charge in [0.1, 0.15) is 5.75 Å². The third kappa shape index (κ3) is 6.83. The Labute approximate surface area is 149 Å². The largest absolute Gasteiger partial charge is 0.493 e. The Balaban J connectivity index is 2.84. The summed E-state index contributed by atoms with van der Waals surface area (Å²) in [5.41, 5.74) is 0.837. The van der Waals surface area contributed by atoms with E-state index in [0.29, 0.717) is 13.2 Å². The van der Waals surface area contributed by atoms with E-state index >= 15 is 0 Å². The van der Waals surface area contributed by atoms with E-state index in [1.54, 1.807) is 24.0 Å². The van der Waals surface area contributed by atoms with Gasteiger partial charge in [-0.15, -0.1) is 6.58 Å². The topological polar surface area (TPSA) is 55.8 Å². The molecule has 0 heterocycles. The van der Waals surface area contributed by atoms with Crippen LogP contribution in [-0.2, 0) is 14.3 Å². The Morgan fingerprint density at radius 3 is 2.68 bits per heavy atom. The van der Waals surface area contributed by atoms with E-state index in [9.17, 15) is 9.59 Å². The summed E-state index contributed by atoms with van der Waals surface area (Å²) in [6.45, 7) is 8.69. The standard InChI is InChI=1S/C20H27NO4/c1-5-13-21(15-16(3)20(23)24-4)19(22)12-11-17-9-7-8-10-18(17)25-14-6-2/h5,7-12,16H,1,6,13-15H2,2-4H3/b12-11+. The first-order valence-corrected chi connectivity index (χ1v) is 8.41. The van der Waals surface area contributed by atoms with Gasteiger partial charge in [0.2, 0.25) is 5.91 Å². The molecule has 0 radical (unpaired) electrons. The van der Waals surface area contributed by atoms with Gasteiger partial charge in [-0.1, -0.05) is 38.1 Å². The van der Waals surface area contributed by atoms with Gasteiger partial charge in [-0.05, 0) is 18.6 Å². The molecule has 1 rings (SSSR count). The van der Waals surface area contributed by atoms with Gasteiger partial charge in [0.15, 0.2) is 0 Å². The smallest absolute Gasteiger partial charge is 0.310 e. The zero-order chi connectivity index (χ0) is 18.7. The lowest BCUT2D eigenvalue weighted by Crippen LogP contribution is -2.36. The lowest BCUT2D eigenvalue weighted by atomic mass is 10.1. The SMILES string of the molecule is C=CCN(CC(C)C(=O)OC)C(=O)/C=C/c1ccccc1OCCC. The van der Waals surface area contributed by atoms with Crippen LogP contribution in [0.2, 0.25) is 0 Å². The number of amides is 1. The summed E-state index contributed by atoms with van der Waals surface area (Å²) in [6, 6.07) is 7.56. The third-order valence-electron chi connectivity index (χ3n) is 3.55. The summed E-state index contributed by atoms with van der Waals surface area (Å²) in [5.74, 6) is -0.195. The highest BCUT2D eigenvalue weighted by Crippen LogP contribution is 2.19. The predicted molar refractivity (Wildman–Crippen MR) is 99.2 cm³/mol. The van der Waals surface area contributed by atoms with Gasteiger partial charge >= 0.3 is 5.97 Å². The van der Waals surface area contributed by atoms with Gasteiger partial charge < -0.3 is 14.4 Å². The van der Waals surface area contributed by atoms with E-state index in [1.807, 2.05) is 31.2 Å². The molecule has 0 N–H and O–H groups in total. The first-order valence-electron chi connectivity index (χ1n) is 8.41. The molecule has 0 aliphatic heterocycles. The number of esters is 1. The Morgan fingerprint density at radius 1 is 1.32 bits per heavy atom. The fourth-order valence-corrected chi connectivity index (χ4v) is 2.24. The van der Waals surface area contributed by atoms with Crippen LogP contribution in [0.25, 0.3) is 6.08 Å². The molecule has 0 spiro atoms. The maximum Gasteiger partial charge on any atom is 0.310 e. The molecular formula is C20H27NO4. The Hall–Kier alpha value is -2.56. The molecule has 5 heteroatoms. The lowest BCUT2D eigenvalue weighted by Gasteiger charge is -2.22. The molecule has 0 bridgehead atoms. The number of carbonyl (C=O) groups is 2. The van der Waals surface area contributed by atoms with Crippen molar-refractivity contribution >= 4 is 18.0 Å². The van der Waals surface area contributed by atoms with Crippen molar-refractivity contribution in [3.05, 3.63) is 48.6 Å². The molecule has 136 valence electrons. The average molecular weight is 345 g/mol. The van der Waals surface area contributed by atoms with Crippen molar-refractivity contribution in [1.82, 2.24) is 4.90 Å². The van der Waals surface area contributed by atoms with Crippen molar-refractivity contribution in [3.8, 4) is 5.75 Å². The van der Waals surface area contributed by atoms with E-state index < -0.39 is 5.92 Å². The van der Waals surface area contributed by atoms with E-state index in [0.717, 1.165) is 17.7 Å². The van der Waals surface area contributed by atoms with Crippen molar-refractivity contribution in [2.24, 2.45) is 5.92 Å². The lowest BCUT2D eigenvalue weighted by molar-refractivity contribution is -0.145. The van der Waals surface area contributed by atoms with Crippen LogP contribution in [0.5, 0.6) is 5.75 Å². The second-order valence-electron chi connectivity index (χ2n) is 5.68. The number of carbonyl (C=O) groups excluding carboxylic acids is 2. The Bertz CT molecular complexity index is 609. The molecule has 5 nitrogen and oxygen atoms in total. The molecule has 1 unspecified atom stereocenters. The van der Waals surface area contributed by atoms with Crippen molar-refractivity contribution in [2.75, 3.05) is 26.8 Å². The molecule has 1 aromatic rings. The van der Waals surface area contributed by atoms with Crippen LogP contribution in [0, 0.1) is 5.92 Å². The van der Waals surface area contributed by atoms with Gasteiger partial charge in [0.05, 0.1) is 19.6 Å². The maximum atomic E-state index is 12.5. The number of benzene rings is 1. The van der Waals surface area contributed by atoms with Crippen LogP contribution in [0.15, 0.2) is 43.0 Å². The van der Waals surface area contributed by atoms with Gasteiger partial charge in [-0.25, -0.2) is 0 Å². The van der Waals surface area contributed by atoms with Crippen LogP contribution in [-0.4, -0.2) is 43.6 Å². The van der Waals surface area contributed by atoms with Crippen LogP contribution < -0.4 is 4.74 Å². The summed E-state index contributed by atoms with van der Waals surface area (Å²) in [6.07, 6.45) is 5.76. The van der Waals surface area contributed by atoms with E-state index in [1.165, 1.54) is 13.2 Å². The summed E-state index contributed by atoms with van der Waals surface area (Å²) >= 11 is 0. The number of hydrogen-bond acceptors (Lipinski definition) is 4. The molecule has 1 atom stereocenters. The zero-order valence-electron chi connectivity index (χ0n) is 15.2. The summed E-state index contributed by atoms with van der Waals surface area (Å²) in [7, 11) is 1.34. The number of hydrogen-bond donors (Lipinski definition) is 0. The molecule has 0 fully saturated rings.